The van der Waals surface area contributed by atoms with Crippen LogP contribution >= 0.6 is 0 Å². The van der Waals surface area contributed by atoms with Crippen molar-refractivity contribution in [1.29, 1.82) is 0 Å². The minimum absolute atomic E-state index is 0.0186. The molecule has 1 aromatic carbocycles. The summed E-state index contributed by atoms with van der Waals surface area (Å²) in [6.07, 6.45) is 3.94. The summed E-state index contributed by atoms with van der Waals surface area (Å²) in [7, 11) is 3.79. The van der Waals surface area contributed by atoms with E-state index >= 15 is 0 Å². The predicted molar refractivity (Wildman–Crippen MR) is 128 cm³/mol. The van der Waals surface area contributed by atoms with Crippen LogP contribution in [0.1, 0.15) is 29.7 Å². The highest BCUT2D eigenvalue weighted by molar-refractivity contribution is 5.80. The third-order valence-electron chi connectivity index (χ3n) is 6.54. The number of piperazine rings is 1. The number of nitrogens with zero attached hydrogens (tertiary/aromatic N) is 6. The number of likely N-dealkylation sites (N-methyl/N-ethyl adjacent to an activating group) is 1. The third kappa shape index (κ3) is 5.68. The molecule has 4 rings (SSSR count). The highest BCUT2D eigenvalue weighted by Gasteiger charge is 2.25. The van der Waals surface area contributed by atoms with Gasteiger partial charge in [-0.3, -0.25) is 14.6 Å². The van der Waals surface area contributed by atoms with E-state index in [9.17, 15) is 0 Å². The summed E-state index contributed by atoms with van der Waals surface area (Å²) in [5.74, 6) is 0.925. The first kappa shape index (κ1) is 22.8. The molecule has 2 aromatic rings. The molecule has 1 unspecified atom stereocenters. The molecule has 2 saturated heterocycles. The first-order valence-corrected chi connectivity index (χ1v) is 11.7. The number of hydrogen-bond donors (Lipinski definition) is 1. The molecule has 0 aliphatic carbocycles. The first-order chi connectivity index (χ1) is 15.7. The van der Waals surface area contributed by atoms with Crippen molar-refractivity contribution >= 4 is 5.96 Å². The molecule has 2 aliphatic rings. The topological polar surface area (TPSA) is 61.2 Å². The molecular formula is C24H37N7O. The number of guanidine groups is 1. The van der Waals surface area contributed by atoms with Crippen molar-refractivity contribution in [3.63, 3.8) is 0 Å². The van der Waals surface area contributed by atoms with Crippen LogP contribution < -0.4 is 5.32 Å². The Labute approximate surface area is 191 Å². The van der Waals surface area contributed by atoms with Gasteiger partial charge in [0.2, 0.25) is 0 Å². The van der Waals surface area contributed by atoms with Gasteiger partial charge in [-0.2, -0.15) is 5.10 Å². The maximum Gasteiger partial charge on any atom is 0.194 e. The zero-order chi connectivity index (χ0) is 22.3. The van der Waals surface area contributed by atoms with Crippen molar-refractivity contribution in [3.05, 3.63) is 53.3 Å². The number of nitrogens with one attached hydrogen (secondary N) is 1. The fourth-order valence-corrected chi connectivity index (χ4v) is 4.55. The highest BCUT2D eigenvalue weighted by atomic mass is 16.5. The number of ether oxygens (including phenoxy) is 1. The van der Waals surface area contributed by atoms with E-state index in [2.05, 4.69) is 61.3 Å². The summed E-state index contributed by atoms with van der Waals surface area (Å²) >= 11 is 0. The molecule has 1 aromatic heterocycles. The summed E-state index contributed by atoms with van der Waals surface area (Å²) in [4.78, 5) is 11.9. The van der Waals surface area contributed by atoms with Gasteiger partial charge in [-0.05, 0) is 17.7 Å². The third-order valence-corrected chi connectivity index (χ3v) is 6.54. The average molecular weight is 440 g/mol. The van der Waals surface area contributed by atoms with Gasteiger partial charge in [0.05, 0.1) is 19.3 Å². The normalized spacial score (nSPS) is 21.2. The summed E-state index contributed by atoms with van der Waals surface area (Å²) in [6.45, 7) is 12.1. The lowest BCUT2D eigenvalue weighted by atomic mass is 10.1. The quantitative estimate of drug-likeness (QED) is 0.546. The van der Waals surface area contributed by atoms with Gasteiger partial charge >= 0.3 is 0 Å². The fourth-order valence-electron chi connectivity index (χ4n) is 4.55. The van der Waals surface area contributed by atoms with Gasteiger partial charge in [0.15, 0.2) is 5.96 Å². The van der Waals surface area contributed by atoms with E-state index in [1.165, 1.54) is 24.2 Å². The standard InChI is InChI=1S/C24H37N7O/c1-4-29-9-11-30(12-10-29)18-21-8-6-5-7-20(21)15-26-24(25-2)31-13-14-32-23(19-31)22-16-27-28(3)17-22/h5-8,16-17,23H,4,9-15,18-19H2,1-3H3,(H,25,26). The Bertz CT molecular complexity index is 888. The molecule has 8 heteroatoms. The Morgan fingerprint density at radius 2 is 1.88 bits per heavy atom. The van der Waals surface area contributed by atoms with Crippen molar-refractivity contribution in [2.24, 2.45) is 12.0 Å². The second-order valence-corrected chi connectivity index (χ2v) is 8.63. The molecule has 174 valence electrons. The van der Waals surface area contributed by atoms with Crippen LogP contribution in [0.4, 0.5) is 0 Å². The predicted octanol–water partition coefficient (Wildman–Crippen LogP) is 1.71. The lowest BCUT2D eigenvalue weighted by molar-refractivity contribution is -0.00805. The van der Waals surface area contributed by atoms with Crippen molar-refractivity contribution in [3.8, 4) is 0 Å². The SMILES string of the molecule is CCN1CCN(Cc2ccccc2CNC(=NC)N2CCOC(c3cnn(C)c3)C2)CC1. The fraction of sp³-hybridized carbons (Fsp3) is 0.583. The van der Waals surface area contributed by atoms with Gasteiger partial charge in [-0.15, -0.1) is 0 Å². The van der Waals surface area contributed by atoms with Crippen LogP contribution in [0.3, 0.4) is 0 Å². The number of benzene rings is 1. The van der Waals surface area contributed by atoms with Crippen molar-refractivity contribution < 1.29 is 4.74 Å². The van der Waals surface area contributed by atoms with Crippen molar-refractivity contribution in [1.82, 2.24) is 29.8 Å². The van der Waals surface area contributed by atoms with Crippen LogP contribution in [0.15, 0.2) is 41.7 Å². The highest BCUT2D eigenvalue weighted by Crippen LogP contribution is 2.22. The van der Waals surface area contributed by atoms with E-state index in [0.717, 1.165) is 57.3 Å². The smallest absolute Gasteiger partial charge is 0.194 e. The molecule has 0 saturated carbocycles. The number of morpholine rings is 1. The summed E-state index contributed by atoms with van der Waals surface area (Å²) in [5, 5.41) is 7.89. The first-order valence-electron chi connectivity index (χ1n) is 11.7. The maximum absolute atomic E-state index is 6.00. The molecule has 0 amide bonds. The maximum atomic E-state index is 6.00. The Balaban J connectivity index is 1.35. The van der Waals surface area contributed by atoms with Crippen molar-refractivity contribution in [2.75, 3.05) is 59.5 Å². The lowest BCUT2D eigenvalue weighted by Gasteiger charge is -2.35. The Morgan fingerprint density at radius 3 is 2.56 bits per heavy atom. The molecular weight excluding hydrogens is 402 g/mol. The largest absolute Gasteiger partial charge is 0.370 e. The molecule has 8 nitrogen and oxygen atoms in total. The monoisotopic (exact) mass is 439 g/mol. The number of rotatable bonds is 6. The number of hydrogen-bond acceptors (Lipinski definition) is 5. The summed E-state index contributed by atoms with van der Waals surface area (Å²) in [5.41, 5.74) is 3.85. The second kappa shape index (κ2) is 10.9. The molecule has 1 N–H and O–H groups in total. The molecule has 1 atom stereocenters. The summed E-state index contributed by atoms with van der Waals surface area (Å²) in [6, 6.07) is 8.77. The second-order valence-electron chi connectivity index (χ2n) is 8.63. The molecule has 3 heterocycles. The van der Waals surface area contributed by atoms with Crippen LogP contribution in [0.2, 0.25) is 0 Å². The molecule has 32 heavy (non-hydrogen) atoms. The summed E-state index contributed by atoms with van der Waals surface area (Å²) < 4.78 is 7.82. The zero-order valence-electron chi connectivity index (χ0n) is 19.7. The number of aryl methyl sites for hydroxylation is 1. The molecule has 0 bridgehead atoms. The Morgan fingerprint density at radius 1 is 1.12 bits per heavy atom. The van der Waals surface area contributed by atoms with E-state index in [-0.39, 0.29) is 6.10 Å². The Kier molecular flexibility index (Phi) is 7.78. The number of aromatic nitrogens is 2. The van der Waals surface area contributed by atoms with Gasteiger partial charge in [0.1, 0.15) is 6.10 Å². The lowest BCUT2D eigenvalue weighted by Crippen LogP contribution is -2.48. The van der Waals surface area contributed by atoms with Crippen LogP contribution in [-0.4, -0.2) is 89.9 Å². The average Bonchev–Trinajstić information content (AvgIpc) is 3.27. The van der Waals surface area contributed by atoms with E-state index in [1.54, 1.807) is 0 Å². The molecule has 0 spiro atoms. The molecule has 0 radical (unpaired) electrons. The van der Waals surface area contributed by atoms with Gasteiger partial charge < -0.3 is 19.9 Å². The van der Waals surface area contributed by atoms with E-state index < -0.39 is 0 Å². The van der Waals surface area contributed by atoms with Gasteiger partial charge in [0, 0.05) is 71.7 Å². The van der Waals surface area contributed by atoms with Gasteiger partial charge in [0.25, 0.3) is 0 Å². The van der Waals surface area contributed by atoms with Crippen LogP contribution in [0, 0.1) is 0 Å². The molecule has 2 aliphatic heterocycles. The molecule has 2 fully saturated rings. The van der Waals surface area contributed by atoms with Crippen LogP contribution in [0.5, 0.6) is 0 Å². The van der Waals surface area contributed by atoms with E-state index in [4.69, 9.17) is 4.74 Å². The van der Waals surface area contributed by atoms with Crippen molar-refractivity contribution in [2.45, 2.75) is 26.1 Å². The minimum atomic E-state index is 0.0186. The Hall–Kier alpha value is -2.42. The van der Waals surface area contributed by atoms with Crippen LogP contribution in [0.25, 0.3) is 0 Å². The zero-order valence-corrected chi connectivity index (χ0v) is 19.7. The van der Waals surface area contributed by atoms with Gasteiger partial charge in [-0.1, -0.05) is 31.2 Å². The van der Waals surface area contributed by atoms with E-state index in [1.807, 2.05) is 31.2 Å². The minimum Gasteiger partial charge on any atom is -0.370 e. The number of aliphatic imine (C=N–C) groups is 1. The van der Waals surface area contributed by atoms with Gasteiger partial charge in [-0.25, -0.2) is 0 Å². The van der Waals surface area contributed by atoms with Crippen LogP contribution in [-0.2, 0) is 24.9 Å². The van der Waals surface area contributed by atoms with E-state index in [0.29, 0.717) is 6.61 Å².